The Morgan fingerprint density at radius 2 is 1.75 bits per heavy atom. The van der Waals surface area contributed by atoms with E-state index in [9.17, 15) is 28.9 Å². The minimum Gasteiger partial charge on any atom is -0.391 e. The monoisotopic (exact) mass is 508 g/mol. The summed E-state index contributed by atoms with van der Waals surface area (Å²) >= 11 is 0. The van der Waals surface area contributed by atoms with Crippen molar-refractivity contribution in [3.05, 3.63) is 33.1 Å². The van der Waals surface area contributed by atoms with Gasteiger partial charge in [0.05, 0.1) is 34.4 Å². The number of aromatic nitrogens is 2. The van der Waals surface area contributed by atoms with E-state index < -0.39 is 58.0 Å². The van der Waals surface area contributed by atoms with Crippen LogP contribution in [-0.2, 0) is 22.7 Å². The Balaban J connectivity index is 0.000000633. The van der Waals surface area contributed by atoms with E-state index in [1.165, 1.54) is 0 Å². The van der Waals surface area contributed by atoms with E-state index >= 15 is 0 Å². The number of nitrogens with one attached hydrogen (secondary N) is 1. The highest BCUT2D eigenvalue weighted by molar-refractivity contribution is 7.60. The van der Waals surface area contributed by atoms with Gasteiger partial charge in [-0.05, 0) is 0 Å². The lowest BCUT2D eigenvalue weighted by molar-refractivity contribution is -0.870. The number of H-pyrrole nitrogens is 1. The first kappa shape index (κ1) is 28.8. The number of quaternary nitrogens is 1. The van der Waals surface area contributed by atoms with Crippen LogP contribution in [0.4, 0.5) is 0 Å². The Labute approximate surface area is 181 Å². The zero-order valence-electron chi connectivity index (χ0n) is 17.4. The van der Waals surface area contributed by atoms with Crippen molar-refractivity contribution in [1.29, 1.82) is 0 Å². The maximum atomic E-state index is 11.7. The molecule has 16 nitrogen and oxygen atoms in total. The first-order valence-corrected chi connectivity index (χ1v) is 12.0. The highest BCUT2D eigenvalue weighted by Crippen LogP contribution is 2.57. The first-order valence-electron chi connectivity index (χ1n) is 8.94. The van der Waals surface area contributed by atoms with Crippen molar-refractivity contribution in [2.75, 3.05) is 40.9 Å². The van der Waals surface area contributed by atoms with Crippen LogP contribution in [0.1, 0.15) is 6.23 Å². The Morgan fingerprint density at radius 3 is 2.19 bits per heavy atom. The highest BCUT2D eigenvalue weighted by atomic mass is 31.3. The van der Waals surface area contributed by atoms with Crippen molar-refractivity contribution >= 4 is 15.6 Å². The van der Waals surface area contributed by atoms with Crippen molar-refractivity contribution in [2.45, 2.75) is 24.5 Å². The summed E-state index contributed by atoms with van der Waals surface area (Å²) in [6.07, 6.45) is -5.25. The highest BCUT2D eigenvalue weighted by Gasteiger charge is 2.45. The van der Waals surface area contributed by atoms with Crippen molar-refractivity contribution in [1.82, 2.24) is 9.55 Å². The molecular formula is C14H28N3O13P2+. The van der Waals surface area contributed by atoms with Gasteiger partial charge < -0.3 is 39.2 Å². The average molecular weight is 508 g/mol. The van der Waals surface area contributed by atoms with E-state index in [4.69, 9.17) is 24.5 Å². The minimum atomic E-state index is -5.32. The van der Waals surface area contributed by atoms with Gasteiger partial charge in [-0.3, -0.25) is 18.9 Å². The number of likely N-dealkylation sites (N-methyl/N-ethyl adjacent to an activating group) is 1. The van der Waals surface area contributed by atoms with E-state index in [1.807, 2.05) is 4.98 Å². The lowest BCUT2D eigenvalue weighted by Gasteiger charge is -2.21. The Hall–Kier alpha value is -1.26. The van der Waals surface area contributed by atoms with Crippen LogP contribution in [-0.4, -0.2) is 103 Å². The lowest BCUT2D eigenvalue weighted by Crippen LogP contribution is -2.37. The molecule has 0 aliphatic carbocycles. The summed E-state index contributed by atoms with van der Waals surface area (Å²) in [6, 6.07) is 0.962. The number of phosphoric ester groups is 1. The second kappa shape index (κ2) is 11.2. The van der Waals surface area contributed by atoms with Crippen LogP contribution in [0.15, 0.2) is 21.9 Å². The van der Waals surface area contributed by atoms with Gasteiger partial charge in [-0.1, -0.05) is 0 Å². The van der Waals surface area contributed by atoms with E-state index in [0.717, 1.165) is 27.9 Å². The van der Waals surface area contributed by atoms with Gasteiger partial charge in [0.25, 0.3) is 5.56 Å². The van der Waals surface area contributed by atoms with Crippen LogP contribution in [0.3, 0.4) is 0 Å². The van der Waals surface area contributed by atoms with Gasteiger partial charge in [0, 0.05) is 12.3 Å². The molecule has 18 heteroatoms. The summed E-state index contributed by atoms with van der Waals surface area (Å²) in [5, 5.41) is 28.2. The van der Waals surface area contributed by atoms with Crippen LogP contribution < -0.4 is 11.2 Å². The van der Waals surface area contributed by atoms with Crippen LogP contribution in [0.5, 0.6) is 0 Å². The number of aliphatic hydroxyl groups is 3. The van der Waals surface area contributed by atoms with E-state index in [-0.39, 0.29) is 6.61 Å². The molecule has 1 fully saturated rings. The van der Waals surface area contributed by atoms with Gasteiger partial charge in [-0.15, -0.1) is 0 Å². The van der Waals surface area contributed by atoms with Crippen LogP contribution >= 0.6 is 15.6 Å². The molecule has 2 rings (SSSR count). The number of phosphoric acid groups is 2. The molecule has 1 aromatic rings. The van der Waals surface area contributed by atoms with E-state index in [1.54, 1.807) is 0 Å². The fraction of sp³-hybridized carbons (Fsp3) is 0.714. The fourth-order valence-electron chi connectivity index (χ4n) is 2.35. The van der Waals surface area contributed by atoms with Crippen LogP contribution in [0.2, 0.25) is 0 Å². The molecule has 2 heterocycles. The predicted molar refractivity (Wildman–Crippen MR) is 106 cm³/mol. The lowest BCUT2D eigenvalue weighted by atomic mass is 10.1. The third-order valence-corrected chi connectivity index (χ3v) is 6.00. The zero-order chi connectivity index (χ0) is 24.9. The number of ether oxygens (including phenoxy) is 1. The molecule has 0 saturated carbocycles. The first-order chi connectivity index (χ1) is 14.5. The topological polar surface area (TPSA) is 238 Å². The Kier molecular flexibility index (Phi) is 10.1. The summed E-state index contributed by atoms with van der Waals surface area (Å²) in [6.45, 7) is 0.212. The second-order valence-electron chi connectivity index (χ2n) is 7.64. The van der Waals surface area contributed by atoms with Crippen molar-refractivity contribution in [3.63, 3.8) is 0 Å². The molecule has 0 amide bonds. The van der Waals surface area contributed by atoms with Gasteiger partial charge in [0.2, 0.25) is 0 Å². The standard InChI is InChI=1S/C9H14N2O12P2.C5H14NO/c12-5-1-2-11(9(15)10-5)8-7(14)6(13)4(22-8)3-21-25(19,20)23-24(16,17)18;1-6(2,3)4-5-7/h1-2,4,6-8,13-14H,3H2,(H,19,20)(H,10,12,15)(H2,16,17,18);7H,4-5H2,1-3H3/q;+1/t4-,6-,7-,8-;/m1./s1. The van der Waals surface area contributed by atoms with E-state index in [2.05, 4.69) is 30.0 Å². The largest absolute Gasteiger partial charge is 0.481 e. The number of aliphatic hydroxyl groups excluding tert-OH is 3. The predicted octanol–water partition coefficient (Wildman–Crippen LogP) is -2.93. The van der Waals surface area contributed by atoms with Gasteiger partial charge in [0.15, 0.2) is 6.23 Å². The molecule has 1 aromatic heterocycles. The molecule has 0 bridgehead atoms. The van der Waals surface area contributed by atoms with Crippen molar-refractivity contribution in [3.8, 4) is 0 Å². The molecule has 32 heavy (non-hydrogen) atoms. The maximum Gasteiger partial charge on any atom is 0.481 e. The summed E-state index contributed by atoms with van der Waals surface area (Å²) in [5.74, 6) is 0. The zero-order valence-corrected chi connectivity index (χ0v) is 19.2. The summed E-state index contributed by atoms with van der Waals surface area (Å²) in [7, 11) is -4.33. The van der Waals surface area contributed by atoms with Crippen molar-refractivity contribution < 1.29 is 57.2 Å². The molecule has 5 atom stereocenters. The molecular weight excluding hydrogens is 480 g/mol. The summed E-state index contributed by atoms with van der Waals surface area (Å²) < 4.78 is 36.5. The third-order valence-electron chi connectivity index (χ3n) is 3.84. The van der Waals surface area contributed by atoms with Crippen LogP contribution in [0, 0.1) is 0 Å². The molecule has 1 saturated heterocycles. The van der Waals surface area contributed by atoms with Crippen LogP contribution in [0.25, 0.3) is 0 Å². The van der Waals surface area contributed by atoms with Gasteiger partial charge >= 0.3 is 21.3 Å². The molecule has 1 aliphatic rings. The SMILES string of the molecule is C[N+](C)(C)CCO.O=c1ccn([C@@H]2O[C@H](COP(=O)(O)OP(=O)(O)O)[C@@H](O)[C@H]2O)c(=O)[nH]1. The molecule has 0 spiro atoms. The van der Waals surface area contributed by atoms with E-state index in [0.29, 0.717) is 0 Å². The molecule has 1 unspecified atom stereocenters. The maximum absolute atomic E-state index is 11.7. The smallest absolute Gasteiger partial charge is 0.391 e. The van der Waals surface area contributed by atoms with Gasteiger partial charge in [0.1, 0.15) is 24.9 Å². The summed E-state index contributed by atoms with van der Waals surface area (Å²) in [4.78, 5) is 50.7. The number of hydrogen-bond donors (Lipinski definition) is 7. The Morgan fingerprint density at radius 1 is 1.16 bits per heavy atom. The number of nitrogens with zero attached hydrogens (tertiary/aromatic N) is 2. The fourth-order valence-corrected chi connectivity index (χ4v) is 3.95. The number of aromatic amines is 1. The number of rotatable bonds is 8. The molecule has 186 valence electrons. The average Bonchev–Trinajstić information content (AvgIpc) is 2.86. The normalized spacial score (nSPS) is 25.7. The van der Waals surface area contributed by atoms with Gasteiger partial charge in [-0.25, -0.2) is 13.9 Å². The molecule has 0 aromatic carbocycles. The van der Waals surface area contributed by atoms with Gasteiger partial charge in [-0.2, -0.15) is 4.31 Å². The third kappa shape index (κ3) is 9.70. The quantitative estimate of drug-likeness (QED) is 0.138. The molecule has 0 radical (unpaired) electrons. The number of hydrogen-bond acceptors (Lipinski definition) is 10. The minimum absolute atomic E-state index is 0.281. The summed E-state index contributed by atoms with van der Waals surface area (Å²) in [5.41, 5.74) is -1.65. The van der Waals surface area contributed by atoms with Crippen molar-refractivity contribution in [2.24, 2.45) is 0 Å². The Bertz CT molecular complexity index is 952. The molecule has 1 aliphatic heterocycles. The second-order valence-corrected chi connectivity index (χ2v) is 10.5. The molecule has 7 N–H and O–H groups in total.